The van der Waals surface area contributed by atoms with E-state index >= 15 is 0 Å². The van der Waals surface area contributed by atoms with Crippen LogP contribution >= 0.6 is 0 Å². The molecular formula is C13H15F2N3O2S. The summed E-state index contributed by atoms with van der Waals surface area (Å²) in [6.07, 6.45) is 0.615. The van der Waals surface area contributed by atoms with E-state index in [9.17, 15) is 22.5 Å². The third kappa shape index (κ3) is 3.37. The smallest absolute Gasteiger partial charge is 0.244 e. The fraction of sp³-hybridized carbons (Fsp3) is 0.462. The van der Waals surface area contributed by atoms with E-state index in [0.717, 1.165) is 12.1 Å². The molecule has 1 aromatic carbocycles. The van der Waals surface area contributed by atoms with Gasteiger partial charge < -0.3 is 4.90 Å². The van der Waals surface area contributed by atoms with Crippen molar-refractivity contribution in [2.75, 3.05) is 20.1 Å². The molecular weight excluding hydrogens is 300 g/mol. The summed E-state index contributed by atoms with van der Waals surface area (Å²) in [4.78, 5) is 1.32. The van der Waals surface area contributed by atoms with Gasteiger partial charge in [-0.15, -0.1) is 0 Å². The summed E-state index contributed by atoms with van der Waals surface area (Å²) < 4.78 is 53.3. The highest BCUT2D eigenvalue weighted by molar-refractivity contribution is 7.89. The molecule has 2 rings (SSSR count). The van der Waals surface area contributed by atoms with Crippen LogP contribution in [-0.4, -0.2) is 39.0 Å². The largest absolute Gasteiger partial charge is 0.306 e. The first-order valence-corrected chi connectivity index (χ1v) is 7.85. The second-order valence-electron chi connectivity index (χ2n) is 5.18. The summed E-state index contributed by atoms with van der Waals surface area (Å²) >= 11 is 0. The van der Waals surface area contributed by atoms with E-state index in [1.165, 1.54) is 0 Å². The molecule has 0 aliphatic carbocycles. The van der Waals surface area contributed by atoms with Gasteiger partial charge in [0.2, 0.25) is 10.0 Å². The maximum atomic E-state index is 13.6. The van der Waals surface area contributed by atoms with Crippen molar-refractivity contribution in [1.29, 1.82) is 5.26 Å². The number of hydrogen-bond donors (Lipinski definition) is 1. The monoisotopic (exact) mass is 315 g/mol. The molecule has 0 spiro atoms. The molecule has 1 fully saturated rings. The fourth-order valence-electron chi connectivity index (χ4n) is 2.24. The number of rotatable bonds is 3. The van der Waals surface area contributed by atoms with Crippen LogP contribution in [0.4, 0.5) is 8.78 Å². The van der Waals surface area contributed by atoms with Gasteiger partial charge >= 0.3 is 0 Å². The Labute approximate surface area is 122 Å². The third-order valence-corrected chi connectivity index (χ3v) is 5.14. The highest BCUT2D eigenvalue weighted by Gasteiger charge is 2.38. The Balaban J connectivity index is 2.30. The maximum Gasteiger partial charge on any atom is 0.244 e. The van der Waals surface area contributed by atoms with Crippen molar-refractivity contribution in [2.24, 2.45) is 0 Å². The van der Waals surface area contributed by atoms with Gasteiger partial charge in [0, 0.05) is 19.2 Å². The van der Waals surface area contributed by atoms with Crippen molar-refractivity contribution >= 4 is 10.0 Å². The molecule has 0 unspecified atom stereocenters. The van der Waals surface area contributed by atoms with Crippen molar-refractivity contribution in [1.82, 2.24) is 9.62 Å². The van der Waals surface area contributed by atoms with E-state index in [-0.39, 0.29) is 0 Å². The minimum atomic E-state index is -4.23. The van der Waals surface area contributed by atoms with E-state index < -0.39 is 32.1 Å². The van der Waals surface area contributed by atoms with Crippen molar-refractivity contribution in [3.8, 4) is 6.07 Å². The van der Waals surface area contributed by atoms with Gasteiger partial charge in [0.25, 0.3) is 0 Å². The van der Waals surface area contributed by atoms with Gasteiger partial charge in [-0.2, -0.15) is 9.98 Å². The molecule has 5 nitrogen and oxygen atoms in total. The predicted molar refractivity (Wildman–Crippen MR) is 71.8 cm³/mol. The zero-order valence-electron chi connectivity index (χ0n) is 11.4. The quantitative estimate of drug-likeness (QED) is 0.910. The van der Waals surface area contributed by atoms with Gasteiger partial charge in [-0.05, 0) is 32.0 Å². The molecule has 1 saturated heterocycles. The number of benzene rings is 1. The normalized spacial score (nSPS) is 19.1. The van der Waals surface area contributed by atoms with Gasteiger partial charge in [0.1, 0.15) is 22.1 Å². The van der Waals surface area contributed by atoms with Crippen LogP contribution in [0.15, 0.2) is 23.1 Å². The number of nitrogens with one attached hydrogen (secondary N) is 1. The highest BCUT2D eigenvalue weighted by Crippen LogP contribution is 2.25. The summed E-state index contributed by atoms with van der Waals surface area (Å²) in [6, 6.07) is 4.20. The van der Waals surface area contributed by atoms with Crippen LogP contribution in [0.25, 0.3) is 0 Å². The van der Waals surface area contributed by atoms with Gasteiger partial charge in [0.15, 0.2) is 0 Å². The van der Waals surface area contributed by atoms with Crippen LogP contribution in [0.5, 0.6) is 0 Å². The van der Waals surface area contributed by atoms with Crippen molar-refractivity contribution in [2.45, 2.75) is 23.3 Å². The molecule has 1 heterocycles. The number of sulfonamides is 1. The summed E-state index contributed by atoms with van der Waals surface area (Å²) in [5.41, 5.74) is -1.26. The molecule has 0 radical (unpaired) electrons. The van der Waals surface area contributed by atoms with Crippen LogP contribution in [0.3, 0.4) is 0 Å². The Bertz CT molecular complexity index is 677. The molecule has 0 saturated carbocycles. The van der Waals surface area contributed by atoms with Crippen LogP contribution in [0.2, 0.25) is 0 Å². The van der Waals surface area contributed by atoms with E-state index in [4.69, 9.17) is 0 Å². The molecule has 0 atom stereocenters. The zero-order valence-corrected chi connectivity index (χ0v) is 12.3. The number of halogens is 2. The van der Waals surface area contributed by atoms with Crippen molar-refractivity contribution < 1.29 is 17.2 Å². The van der Waals surface area contributed by atoms with Crippen LogP contribution in [0, 0.1) is 23.0 Å². The Morgan fingerprint density at radius 3 is 2.48 bits per heavy atom. The summed E-state index contributed by atoms with van der Waals surface area (Å²) in [5, 5.41) is 9.30. The lowest BCUT2D eigenvalue weighted by Gasteiger charge is -2.35. The minimum Gasteiger partial charge on any atom is -0.306 e. The Morgan fingerprint density at radius 1 is 1.33 bits per heavy atom. The molecule has 1 aromatic rings. The van der Waals surface area contributed by atoms with E-state index in [0.29, 0.717) is 32.0 Å². The maximum absolute atomic E-state index is 13.6. The summed E-state index contributed by atoms with van der Waals surface area (Å²) in [6.45, 7) is 1.12. The second kappa shape index (κ2) is 5.67. The number of likely N-dealkylation sites (tertiary alicyclic amines) is 1. The SMILES string of the molecule is CN1CCC(C#N)(NS(=O)(=O)c2ccc(F)cc2F)CC1. The molecule has 0 amide bonds. The zero-order chi connectivity index (χ0) is 15.7. The standard InChI is InChI=1S/C13H15F2N3O2S/c1-18-6-4-13(9-16,5-7-18)17-21(19,20)12-3-2-10(14)8-11(12)15/h2-3,8,17H,4-7H2,1H3. The third-order valence-electron chi connectivity index (χ3n) is 3.57. The first-order valence-electron chi connectivity index (χ1n) is 6.37. The lowest BCUT2D eigenvalue weighted by atomic mass is 9.91. The molecule has 114 valence electrons. The molecule has 1 aliphatic rings. The molecule has 1 N–H and O–H groups in total. The number of nitrogens with zero attached hydrogens (tertiary/aromatic N) is 2. The van der Waals surface area contributed by atoms with E-state index in [1.54, 1.807) is 0 Å². The minimum absolute atomic E-state index is 0.308. The number of piperidine rings is 1. The molecule has 8 heteroatoms. The second-order valence-corrected chi connectivity index (χ2v) is 6.83. The Morgan fingerprint density at radius 2 is 1.95 bits per heavy atom. The summed E-state index contributed by atoms with van der Waals surface area (Å²) in [5.74, 6) is -2.04. The van der Waals surface area contributed by atoms with E-state index in [1.807, 2.05) is 18.0 Å². The van der Waals surface area contributed by atoms with Crippen LogP contribution in [0.1, 0.15) is 12.8 Å². The molecule has 0 bridgehead atoms. The summed E-state index contributed by atoms with van der Waals surface area (Å²) in [7, 11) is -2.36. The lowest BCUT2D eigenvalue weighted by molar-refractivity contribution is 0.213. The Hall–Kier alpha value is -1.56. The first-order chi connectivity index (χ1) is 9.78. The Kier molecular flexibility index (Phi) is 4.27. The van der Waals surface area contributed by atoms with Gasteiger partial charge in [-0.1, -0.05) is 0 Å². The van der Waals surface area contributed by atoms with Gasteiger partial charge in [-0.3, -0.25) is 0 Å². The average Bonchev–Trinajstić information content (AvgIpc) is 2.41. The van der Waals surface area contributed by atoms with Gasteiger partial charge in [0.05, 0.1) is 6.07 Å². The number of nitriles is 1. The predicted octanol–water partition coefficient (Wildman–Crippen LogP) is 1.23. The molecule has 0 aromatic heterocycles. The average molecular weight is 315 g/mol. The number of hydrogen-bond acceptors (Lipinski definition) is 4. The molecule has 21 heavy (non-hydrogen) atoms. The fourth-order valence-corrected chi connectivity index (χ4v) is 3.68. The first kappa shape index (κ1) is 15.8. The highest BCUT2D eigenvalue weighted by atomic mass is 32.2. The van der Waals surface area contributed by atoms with Crippen molar-refractivity contribution in [3.05, 3.63) is 29.8 Å². The van der Waals surface area contributed by atoms with Gasteiger partial charge in [-0.25, -0.2) is 17.2 Å². The van der Waals surface area contributed by atoms with Crippen LogP contribution in [-0.2, 0) is 10.0 Å². The van der Waals surface area contributed by atoms with E-state index in [2.05, 4.69) is 4.72 Å². The lowest BCUT2D eigenvalue weighted by Crippen LogP contribution is -2.53. The molecule has 1 aliphatic heterocycles. The topological polar surface area (TPSA) is 73.2 Å². The van der Waals surface area contributed by atoms with Crippen LogP contribution < -0.4 is 4.72 Å². The van der Waals surface area contributed by atoms with Crippen molar-refractivity contribution in [3.63, 3.8) is 0 Å².